The van der Waals surface area contributed by atoms with Gasteiger partial charge in [-0.2, -0.15) is 12.6 Å². The molecule has 1 heterocycles. The van der Waals surface area contributed by atoms with Crippen molar-refractivity contribution in [2.24, 2.45) is 11.8 Å². The monoisotopic (exact) mass is 742 g/mol. The molecule has 1 fully saturated rings. The predicted octanol–water partition coefficient (Wildman–Crippen LogP) is -6.62. The third kappa shape index (κ3) is 14.1. The Bertz CT molecular complexity index is 1140. The molecule has 20 nitrogen and oxygen atoms in total. The van der Waals surface area contributed by atoms with Crippen LogP contribution in [0.5, 0.6) is 0 Å². The Labute approximate surface area is 293 Å². The second kappa shape index (κ2) is 22.2. The fraction of sp³-hybridized carbons (Fsp3) is 0.793. The highest BCUT2D eigenvalue weighted by Gasteiger charge is 2.42. The molecule has 12 N–H and O–H groups in total. The lowest BCUT2D eigenvalue weighted by Crippen LogP contribution is -2.55. The molecule has 0 spiro atoms. The molecule has 0 bridgehead atoms. The minimum absolute atomic E-state index is 0.176. The van der Waals surface area contributed by atoms with Crippen LogP contribution in [0.25, 0.3) is 0 Å². The van der Waals surface area contributed by atoms with E-state index in [1.165, 1.54) is 0 Å². The quantitative estimate of drug-likeness (QED) is 0.0409. The summed E-state index contributed by atoms with van der Waals surface area (Å²) in [4.78, 5) is 80.1. The molecule has 1 aliphatic heterocycles. The first-order valence-corrected chi connectivity index (χ1v) is 16.5. The molecule has 0 unspecified atom stereocenters. The van der Waals surface area contributed by atoms with Crippen molar-refractivity contribution >= 4 is 47.9 Å². The number of amides is 2. The molecule has 10 atom stereocenters. The number of nitrogens with zero attached hydrogens (tertiary/aromatic N) is 2. The van der Waals surface area contributed by atoms with Crippen LogP contribution in [-0.2, 0) is 28.8 Å². The van der Waals surface area contributed by atoms with E-state index in [4.69, 9.17) is 0 Å². The number of carbonyl (C=O) groups excluding carboxylic acids is 4. The Balaban J connectivity index is 3.37. The smallest absolute Gasteiger partial charge is 0.327 e. The molecular formula is C29H50N4O16S. The average molecular weight is 743 g/mol. The van der Waals surface area contributed by atoms with E-state index in [0.29, 0.717) is 26.2 Å². The number of carboxylic acids is 2. The summed E-state index contributed by atoms with van der Waals surface area (Å²) in [5.74, 6) is -12.3. The zero-order valence-corrected chi connectivity index (χ0v) is 28.4. The molecule has 288 valence electrons. The number of aliphatic carboxylic acids is 2. The fourth-order valence-electron chi connectivity index (χ4n) is 5.23. The van der Waals surface area contributed by atoms with Crippen LogP contribution < -0.4 is 10.6 Å². The van der Waals surface area contributed by atoms with Gasteiger partial charge in [-0.1, -0.05) is 6.92 Å². The molecule has 2 amide bonds. The van der Waals surface area contributed by atoms with Gasteiger partial charge in [-0.3, -0.25) is 28.9 Å². The van der Waals surface area contributed by atoms with Crippen LogP contribution in [-0.4, -0.2) is 203 Å². The van der Waals surface area contributed by atoms with Gasteiger partial charge in [0.15, 0.2) is 5.78 Å². The molecule has 1 rings (SSSR count). The van der Waals surface area contributed by atoms with Crippen molar-refractivity contribution in [1.82, 2.24) is 20.4 Å². The number of nitrogens with one attached hydrogen (secondary N) is 2. The number of rotatable bonds is 24. The van der Waals surface area contributed by atoms with Gasteiger partial charge in [0.05, 0.1) is 56.3 Å². The Morgan fingerprint density at radius 1 is 0.660 bits per heavy atom. The maximum Gasteiger partial charge on any atom is 0.327 e. The summed E-state index contributed by atoms with van der Waals surface area (Å²) in [5, 5.41) is 103. The largest absolute Gasteiger partial charge is 0.481 e. The van der Waals surface area contributed by atoms with Gasteiger partial charge < -0.3 is 66.6 Å². The van der Waals surface area contributed by atoms with E-state index in [2.05, 4.69) is 22.8 Å². The van der Waals surface area contributed by atoms with Gasteiger partial charge in [-0.15, -0.1) is 0 Å². The maximum absolute atomic E-state index is 13.5. The summed E-state index contributed by atoms with van der Waals surface area (Å²) in [6, 6.07) is -3.71. The average Bonchev–Trinajstić information content (AvgIpc) is 3.08. The van der Waals surface area contributed by atoms with Crippen LogP contribution in [0.2, 0.25) is 0 Å². The Kier molecular flexibility index (Phi) is 20.0. The van der Waals surface area contributed by atoms with Crippen molar-refractivity contribution in [2.75, 3.05) is 58.2 Å². The molecule has 0 aliphatic carbocycles. The summed E-state index contributed by atoms with van der Waals surface area (Å²) >= 11 is 3.80. The third-order valence-corrected chi connectivity index (χ3v) is 8.79. The molecule has 50 heavy (non-hydrogen) atoms. The number of Topliss-reactive ketones (excluding diaryl/α,β-unsaturated/α-hetero) is 2. The highest BCUT2D eigenvalue weighted by molar-refractivity contribution is 7.80. The van der Waals surface area contributed by atoms with E-state index in [-0.39, 0.29) is 6.54 Å². The lowest BCUT2D eigenvalue weighted by molar-refractivity contribution is -0.149. The Hall–Kier alpha value is -2.83. The number of carboxylic acid groups (broad SMARTS) is 2. The number of hydrogen-bond donors (Lipinski definition) is 13. The van der Waals surface area contributed by atoms with Gasteiger partial charge in [0.25, 0.3) is 0 Å². The first kappa shape index (κ1) is 45.2. The molecule has 1 saturated heterocycles. The van der Waals surface area contributed by atoms with Crippen molar-refractivity contribution < 1.29 is 79.8 Å². The van der Waals surface area contributed by atoms with E-state index >= 15 is 0 Å². The fourth-order valence-corrected chi connectivity index (χ4v) is 5.48. The molecule has 1 aliphatic rings. The summed E-state index contributed by atoms with van der Waals surface area (Å²) in [5.41, 5.74) is 0. The summed E-state index contributed by atoms with van der Waals surface area (Å²) in [6.07, 6.45) is -16.1. The normalized spacial score (nSPS) is 20.2. The Morgan fingerprint density at radius 3 is 1.50 bits per heavy atom. The van der Waals surface area contributed by atoms with E-state index in [1.54, 1.807) is 4.90 Å². The number of ketones is 2. The lowest BCUT2D eigenvalue weighted by atomic mass is 9.86. The highest BCUT2D eigenvalue weighted by atomic mass is 32.1. The zero-order chi connectivity index (χ0) is 38.3. The number of aliphatic hydroxyl groups is 8. The van der Waals surface area contributed by atoms with Crippen molar-refractivity contribution in [1.29, 1.82) is 0 Å². The minimum atomic E-state index is -2.35. The summed E-state index contributed by atoms with van der Waals surface area (Å²) in [7, 11) is 0. The van der Waals surface area contributed by atoms with E-state index in [1.807, 2.05) is 12.2 Å². The van der Waals surface area contributed by atoms with Crippen LogP contribution in [0.4, 0.5) is 0 Å². The highest BCUT2D eigenvalue weighted by Crippen LogP contribution is 2.21. The van der Waals surface area contributed by atoms with Crippen LogP contribution in [0, 0.1) is 11.8 Å². The van der Waals surface area contributed by atoms with Crippen molar-refractivity contribution in [3.05, 3.63) is 0 Å². The predicted molar refractivity (Wildman–Crippen MR) is 173 cm³/mol. The van der Waals surface area contributed by atoms with Crippen molar-refractivity contribution in [2.45, 2.75) is 74.9 Å². The minimum Gasteiger partial charge on any atom is -0.481 e. The van der Waals surface area contributed by atoms with Gasteiger partial charge in [0.1, 0.15) is 36.2 Å². The number of thiol groups is 1. The van der Waals surface area contributed by atoms with E-state index in [9.17, 15) is 79.8 Å². The second-order valence-corrected chi connectivity index (χ2v) is 12.4. The van der Waals surface area contributed by atoms with Gasteiger partial charge in [-0.25, -0.2) is 4.79 Å². The SMILES string of the molecule is CCN1CCN(CC(=O)C[C@H](C(=O)N[C@@H](CC(=O)O)C(=O)C[C@H](C(=O)N[C@H](CS)C(=O)O)[C@@H](O)[C@H](O)[C@H](O)CO)[C@@H](O)[C@H](O)[C@H](O)CO)CC1. The molecule has 21 heteroatoms. The molecule has 0 saturated carbocycles. The van der Waals surface area contributed by atoms with Crippen molar-refractivity contribution in [3.63, 3.8) is 0 Å². The molecular weight excluding hydrogens is 692 g/mol. The number of hydrogen-bond acceptors (Lipinski definition) is 17. The molecule has 0 aromatic carbocycles. The van der Waals surface area contributed by atoms with Gasteiger partial charge >= 0.3 is 11.9 Å². The third-order valence-electron chi connectivity index (χ3n) is 8.42. The number of likely N-dealkylation sites (N-methyl/N-ethyl adjacent to an activating group) is 1. The van der Waals surface area contributed by atoms with E-state index < -0.39 is 134 Å². The number of carbonyl (C=O) groups is 6. The lowest BCUT2D eigenvalue weighted by Gasteiger charge is -2.34. The maximum atomic E-state index is 13.5. The van der Waals surface area contributed by atoms with Gasteiger partial charge in [0, 0.05) is 44.8 Å². The molecule has 0 aromatic heterocycles. The van der Waals surface area contributed by atoms with Crippen molar-refractivity contribution in [3.8, 4) is 0 Å². The Morgan fingerprint density at radius 2 is 1.10 bits per heavy atom. The van der Waals surface area contributed by atoms with Crippen LogP contribution >= 0.6 is 12.6 Å². The number of piperazine rings is 1. The topological polar surface area (TPSA) is 335 Å². The first-order valence-electron chi connectivity index (χ1n) is 15.9. The van der Waals surface area contributed by atoms with Crippen LogP contribution in [0.1, 0.15) is 26.2 Å². The van der Waals surface area contributed by atoms with Crippen LogP contribution in [0.15, 0.2) is 0 Å². The van der Waals surface area contributed by atoms with Gasteiger partial charge in [0.2, 0.25) is 11.8 Å². The molecule has 0 aromatic rings. The van der Waals surface area contributed by atoms with Crippen LogP contribution in [0.3, 0.4) is 0 Å². The van der Waals surface area contributed by atoms with E-state index in [0.717, 1.165) is 6.54 Å². The first-order chi connectivity index (χ1) is 23.4. The zero-order valence-electron chi connectivity index (χ0n) is 27.5. The number of aliphatic hydroxyl groups excluding tert-OH is 8. The summed E-state index contributed by atoms with van der Waals surface area (Å²) in [6.45, 7) is 2.76. The molecule has 0 radical (unpaired) electrons. The van der Waals surface area contributed by atoms with Gasteiger partial charge in [-0.05, 0) is 6.54 Å². The summed E-state index contributed by atoms with van der Waals surface area (Å²) < 4.78 is 0. The standard InChI is InChI=1S/C29H50N4O16S/c1-2-32-3-5-33(6-4-32)10-14(36)7-15(23(42)25(44)20(38)11-34)27(46)30-17(9-22(40)41)19(37)8-16(24(43)26(45)21(39)12-35)28(47)31-18(13-50)29(48)49/h15-18,20-21,23-26,34-35,38-39,42-45,50H,2-13H2,1H3,(H,30,46)(H,31,47)(H,40,41)(H,48,49)/t15-,16-,17-,18+,20+,21+,23+,24+,25+,26+/m0/s1. The second-order valence-electron chi connectivity index (χ2n) is 12.0.